The highest BCUT2D eigenvalue weighted by molar-refractivity contribution is 7.15. The van der Waals surface area contributed by atoms with Crippen molar-refractivity contribution in [2.24, 2.45) is 0 Å². The molecule has 0 bridgehead atoms. The number of pyridine rings is 1. The van der Waals surface area contributed by atoms with E-state index in [2.05, 4.69) is 27.0 Å². The zero-order valence-electron chi connectivity index (χ0n) is 12.2. The maximum absolute atomic E-state index is 5.78. The normalized spacial score (nSPS) is 16.0. The first-order chi connectivity index (χ1) is 10.2. The molecule has 110 valence electrons. The lowest BCUT2D eigenvalue weighted by Gasteiger charge is -2.17. The molecule has 3 rings (SSSR count). The number of hydrogen-bond acceptors (Lipinski definition) is 5. The van der Waals surface area contributed by atoms with Crippen LogP contribution < -0.4 is 5.73 Å². The van der Waals surface area contributed by atoms with Crippen LogP contribution >= 0.6 is 11.3 Å². The molecule has 0 aromatic carbocycles. The molecule has 0 atom stereocenters. The molecule has 2 aromatic rings. The molecule has 4 nitrogen and oxygen atoms in total. The van der Waals surface area contributed by atoms with E-state index >= 15 is 0 Å². The fourth-order valence-electron chi connectivity index (χ4n) is 2.59. The van der Waals surface area contributed by atoms with E-state index in [1.54, 1.807) is 11.3 Å². The number of aromatic nitrogens is 2. The van der Waals surface area contributed by atoms with Crippen molar-refractivity contribution in [3.05, 3.63) is 46.2 Å². The van der Waals surface area contributed by atoms with E-state index in [0.717, 1.165) is 43.9 Å². The van der Waals surface area contributed by atoms with Crippen LogP contribution in [0.15, 0.2) is 24.3 Å². The third kappa shape index (κ3) is 3.68. The number of nitrogen functional groups attached to an aromatic ring is 1. The van der Waals surface area contributed by atoms with Crippen molar-refractivity contribution in [2.75, 3.05) is 25.4 Å². The van der Waals surface area contributed by atoms with Gasteiger partial charge in [-0.2, -0.15) is 0 Å². The summed E-state index contributed by atoms with van der Waals surface area (Å²) in [5, 5.41) is 0.707. The Morgan fingerprint density at radius 2 is 2.14 bits per heavy atom. The van der Waals surface area contributed by atoms with Gasteiger partial charge in [-0.15, -0.1) is 11.3 Å². The zero-order chi connectivity index (χ0) is 14.7. The van der Waals surface area contributed by atoms with Crippen molar-refractivity contribution in [1.82, 2.24) is 14.9 Å². The maximum atomic E-state index is 5.78. The van der Waals surface area contributed by atoms with Gasteiger partial charge in [0.25, 0.3) is 0 Å². The number of thiazole rings is 1. The van der Waals surface area contributed by atoms with E-state index < -0.39 is 0 Å². The van der Waals surface area contributed by atoms with E-state index in [1.807, 2.05) is 25.1 Å². The summed E-state index contributed by atoms with van der Waals surface area (Å²) in [4.78, 5) is 12.7. The van der Waals surface area contributed by atoms with E-state index in [0.29, 0.717) is 5.13 Å². The monoisotopic (exact) mass is 300 g/mol. The topological polar surface area (TPSA) is 55.0 Å². The van der Waals surface area contributed by atoms with Crippen LogP contribution in [0.3, 0.4) is 0 Å². The summed E-state index contributed by atoms with van der Waals surface area (Å²) in [5.74, 6) is 0. The molecule has 0 fully saturated rings. The van der Waals surface area contributed by atoms with Gasteiger partial charge in [-0.25, -0.2) is 4.98 Å². The van der Waals surface area contributed by atoms with Crippen LogP contribution in [0, 0.1) is 6.92 Å². The second kappa shape index (κ2) is 6.37. The second-order valence-corrected chi connectivity index (χ2v) is 6.44. The Hall–Kier alpha value is -1.72. The van der Waals surface area contributed by atoms with Crippen LogP contribution in [0.4, 0.5) is 5.13 Å². The highest BCUT2D eigenvalue weighted by Crippen LogP contribution is 2.24. The van der Waals surface area contributed by atoms with Crippen molar-refractivity contribution < 1.29 is 0 Å². The first-order valence-electron chi connectivity index (χ1n) is 7.27. The van der Waals surface area contributed by atoms with Crippen molar-refractivity contribution >= 4 is 22.5 Å². The molecule has 0 saturated carbocycles. The molecule has 0 aliphatic carbocycles. The quantitative estimate of drug-likeness (QED) is 0.946. The van der Waals surface area contributed by atoms with Gasteiger partial charge in [-0.05, 0) is 31.6 Å². The van der Waals surface area contributed by atoms with Crippen molar-refractivity contribution in [2.45, 2.75) is 19.8 Å². The standard InChI is InChI=1S/C16H20N4S/c1-12-4-2-5-13(18-12)6-3-9-20-10-7-14-15(8-11-20)21-16(17)19-14/h2-6H,7-11H2,1H3,(H2,17,19)/b6-3+. The fraction of sp³-hybridized carbons (Fsp3) is 0.375. The van der Waals surface area contributed by atoms with Gasteiger partial charge in [0, 0.05) is 36.6 Å². The second-order valence-electron chi connectivity index (χ2n) is 5.33. The molecule has 0 radical (unpaired) electrons. The molecular weight excluding hydrogens is 280 g/mol. The fourth-order valence-corrected chi connectivity index (χ4v) is 3.46. The van der Waals surface area contributed by atoms with Gasteiger partial charge < -0.3 is 5.73 Å². The number of aryl methyl sites for hydroxylation is 1. The Labute approximate surface area is 129 Å². The predicted octanol–water partition coefficient (Wildman–Crippen LogP) is 2.54. The summed E-state index contributed by atoms with van der Waals surface area (Å²) in [6.07, 6.45) is 6.35. The molecule has 1 aliphatic heterocycles. The average molecular weight is 300 g/mol. The maximum Gasteiger partial charge on any atom is 0.180 e. The first-order valence-corrected chi connectivity index (χ1v) is 8.09. The summed E-state index contributed by atoms with van der Waals surface area (Å²) in [6.45, 7) is 5.09. The largest absolute Gasteiger partial charge is 0.375 e. The average Bonchev–Trinajstić information content (AvgIpc) is 2.71. The van der Waals surface area contributed by atoms with Gasteiger partial charge in [0.1, 0.15) is 0 Å². The van der Waals surface area contributed by atoms with Crippen molar-refractivity contribution in [3.63, 3.8) is 0 Å². The number of fused-ring (bicyclic) bond motifs is 1. The minimum Gasteiger partial charge on any atom is -0.375 e. The van der Waals surface area contributed by atoms with Crippen LogP contribution in [0.1, 0.15) is 22.0 Å². The van der Waals surface area contributed by atoms with Crippen LogP contribution in [-0.4, -0.2) is 34.5 Å². The minimum absolute atomic E-state index is 0.707. The van der Waals surface area contributed by atoms with E-state index in [1.165, 1.54) is 10.6 Å². The van der Waals surface area contributed by atoms with E-state index in [9.17, 15) is 0 Å². The molecule has 0 saturated heterocycles. The van der Waals surface area contributed by atoms with Crippen LogP contribution in [0.5, 0.6) is 0 Å². The SMILES string of the molecule is Cc1cccc(/C=C/CN2CCc3nc(N)sc3CC2)n1. The van der Waals surface area contributed by atoms with Crippen LogP contribution in [0.25, 0.3) is 6.08 Å². The third-order valence-corrected chi connectivity index (χ3v) is 4.66. The highest BCUT2D eigenvalue weighted by Gasteiger charge is 2.16. The number of rotatable bonds is 3. The molecule has 0 unspecified atom stereocenters. The Morgan fingerprint density at radius 3 is 3.00 bits per heavy atom. The lowest BCUT2D eigenvalue weighted by Crippen LogP contribution is -2.26. The molecule has 3 heterocycles. The van der Waals surface area contributed by atoms with Gasteiger partial charge in [0.15, 0.2) is 5.13 Å². The van der Waals surface area contributed by atoms with Crippen molar-refractivity contribution in [1.29, 1.82) is 0 Å². The number of nitrogens with zero attached hydrogens (tertiary/aromatic N) is 3. The predicted molar refractivity (Wildman–Crippen MR) is 88.4 cm³/mol. The summed E-state index contributed by atoms with van der Waals surface area (Å²) < 4.78 is 0. The van der Waals surface area contributed by atoms with Gasteiger partial charge in [0.2, 0.25) is 0 Å². The molecule has 2 N–H and O–H groups in total. The van der Waals surface area contributed by atoms with Crippen LogP contribution in [0.2, 0.25) is 0 Å². The summed E-state index contributed by atoms with van der Waals surface area (Å²) in [5.41, 5.74) is 9.06. The zero-order valence-corrected chi connectivity index (χ0v) is 13.1. The van der Waals surface area contributed by atoms with Gasteiger partial charge in [0.05, 0.1) is 11.4 Å². The van der Waals surface area contributed by atoms with Gasteiger partial charge in [-0.3, -0.25) is 9.88 Å². The Bertz CT molecular complexity index is 622. The summed E-state index contributed by atoms with van der Waals surface area (Å²) in [7, 11) is 0. The minimum atomic E-state index is 0.707. The molecule has 1 aliphatic rings. The lowest BCUT2D eigenvalue weighted by molar-refractivity contribution is 0.318. The van der Waals surface area contributed by atoms with Crippen LogP contribution in [-0.2, 0) is 12.8 Å². The lowest BCUT2D eigenvalue weighted by atomic mass is 10.2. The molecule has 21 heavy (non-hydrogen) atoms. The Balaban J connectivity index is 1.56. The van der Waals surface area contributed by atoms with Gasteiger partial charge >= 0.3 is 0 Å². The smallest absolute Gasteiger partial charge is 0.180 e. The van der Waals surface area contributed by atoms with Gasteiger partial charge in [-0.1, -0.05) is 12.1 Å². The summed E-state index contributed by atoms with van der Waals surface area (Å²) >= 11 is 1.64. The molecular formula is C16H20N4S. The third-order valence-electron chi connectivity index (χ3n) is 3.68. The first kappa shape index (κ1) is 14.2. The molecule has 0 amide bonds. The number of nitrogens with two attached hydrogens (primary N) is 1. The summed E-state index contributed by atoms with van der Waals surface area (Å²) in [6, 6.07) is 6.10. The number of hydrogen-bond donors (Lipinski definition) is 1. The Morgan fingerprint density at radius 1 is 1.29 bits per heavy atom. The molecule has 2 aromatic heterocycles. The van der Waals surface area contributed by atoms with E-state index in [4.69, 9.17) is 5.73 Å². The van der Waals surface area contributed by atoms with E-state index in [-0.39, 0.29) is 0 Å². The Kier molecular flexibility index (Phi) is 4.31. The van der Waals surface area contributed by atoms with Crippen molar-refractivity contribution in [3.8, 4) is 0 Å². The molecule has 0 spiro atoms. The number of anilines is 1. The highest BCUT2D eigenvalue weighted by atomic mass is 32.1. The molecule has 5 heteroatoms.